The van der Waals surface area contributed by atoms with Crippen molar-refractivity contribution < 1.29 is 13.8 Å². The van der Waals surface area contributed by atoms with Gasteiger partial charge in [-0.2, -0.15) is 0 Å². The third kappa shape index (κ3) is 2.59. The maximum atomic E-state index is 13.7. The second-order valence-corrected chi connectivity index (χ2v) is 8.08. The summed E-state index contributed by atoms with van der Waals surface area (Å²) in [4.78, 5) is 13.7. The molecule has 2 aromatic rings. The van der Waals surface area contributed by atoms with Crippen LogP contribution in [0.4, 0.5) is 10.1 Å². The van der Waals surface area contributed by atoms with E-state index in [9.17, 15) is 9.28 Å². The van der Waals surface area contributed by atoms with Gasteiger partial charge >= 0.3 is 8.02 Å². The van der Waals surface area contributed by atoms with Crippen LogP contribution in [0.2, 0.25) is 0 Å². The van der Waals surface area contributed by atoms with Gasteiger partial charge in [-0.15, -0.1) is 4.67 Å². The molecule has 0 saturated carbocycles. The first-order chi connectivity index (χ1) is 11.2. The van der Waals surface area contributed by atoms with E-state index in [4.69, 9.17) is 4.52 Å². The molecule has 2 fully saturated rings. The number of rotatable bonds is 3. The van der Waals surface area contributed by atoms with E-state index < -0.39 is 13.8 Å². The Morgan fingerprint density at radius 3 is 2.74 bits per heavy atom. The van der Waals surface area contributed by atoms with Crippen LogP contribution >= 0.6 is 8.02 Å². The molecule has 0 radical (unpaired) electrons. The zero-order chi connectivity index (χ0) is 15.9. The summed E-state index contributed by atoms with van der Waals surface area (Å²) in [7, 11) is -3.25. The van der Waals surface area contributed by atoms with Crippen molar-refractivity contribution >= 4 is 13.7 Å². The van der Waals surface area contributed by atoms with E-state index in [1.807, 2.05) is 39.7 Å². The molecule has 2 aromatic carbocycles. The molecule has 2 heterocycles. The summed E-state index contributed by atoms with van der Waals surface area (Å²) in [6.07, 6.45) is 2.03. The molecule has 2 aliphatic rings. The number of fused-ring (bicyclic) bond motifs is 1. The van der Waals surface area contributed by atoms with Crippen molar-refractivity contribution in [2.24, 2.45) is 0 Å². The van der Waals surface area contributed by atoms with Gasteiger partial charge in [0.1, 0.15) is 5.82 Å². The van der Waals surface area contributed by atoms with Crippen LogP contribution in [-0.2, 0) is 0 Å². The summed E-state index contributed by atoms with van der Waals surface area (Å²) >= 11 is 0. The van der Waals surface area contributed by atoms with Crippen LogP contribution in [0.1, 0.15) is 12.8 Å². The summed E-state index contributed by atoms with van der Waals surface area (Å²) in [5, 5.41) is 0. The number of anilines is 1. The Labute approximate surface area is 135 Å². The van der Waals surface area contributed by atoms with Gasteiger partial charge < -0.3 is 9.42 Å². The minimum atomic E-state index is -3.25. The number of hydrogen-bond donors (Lipinski definition) is 0. The first-order valence-electron chi connectivity index (χ1n) is 7.82. The normalized spacial score (nSPS) is 27.2. The fraction of sp³-hybridized carbons (Fsp3) is 0.294. The monoisotopic (exact) mass is 332 g/mol. The number of benzene rings is 2. The van der Waals surface area contributed by atoms with Crippen molar-refractivity contribution in [2.45, 2.75) is 18.9 Å². The molecular formula is C17H18FN2O2P. The van der Waals surface area contributed by atoms with Crippen LogP contribution < -0.4 is 14.1 Å². The topological polar surface area (TPSA) is 38.8 Å². The second kappa shape index (κ2) is 5.75. The van der Waals surface area contributed by atoms with Crippen LogP contribution in [0.5, 0.6) is 5.75 Å². The first kappa shape index (κ1) is 14.9. The fourth-order valence-corrected chi connectivity index (χ4v) is 6.08. The molecular weight excluding hydrogens is 314 g/mol. The zero-order valence-electron chi connectivity index (χ0n) is 12.6. The Balaban J connectivity index is 1.71. The summed E-state index contributed by atoms with van der Waals surface area (Å²) in [5.74, 6) is -0.0839. The van der Waals surface area contributed by atoms with Gasteiger partial charge in [-0.1, -0.05) is 24.3 Å². The first-order valence-corrected chi connectivity index (χ1v) is 9.35. The molecule has 1 unspecified atom stereocenters. The van der Waals surface area contributed by atoms with E-state index >= 15 is 0 Å². The van der Waals surface area contributed by atoms with Gasteiger partial charge in [0.25, 0.3) is 0 Å². The number of para-hydroxylation sites is 1. The Hall–Kier alpha value is -1.68. The molecule has 0 amide bonds. The molecule has 2 atom stereocenters. The Kier molecular flexibility index (Phi) is 3.72. The Bertz CT molecular complexity index is 702. The molecule has 4 nitrogen and oxygen atoms in total. The smallest absolute Gasteiger partial charge is 0.326 e. The molecule has 0 N–H and O–H groups in total. The van der Waals surface area contributed by atoms with E-state index in [0.29, 0.717) is 12.3 Å². The van der Waals surface area contributed by atoms with Crippen LogP contribution in [-0.4, -0.2) is 23.8 Å². The maximum absolute atomic E-state index is 13.7. The lowest BCUT2D eigenvalue weighted by Crippen LogP contribution is -2.37. The van der Waals surface area contributed by atoms with Gasteiger partial charge in [-0.3, -0.25) is 0 Å². The largest absolute Gasteiger partial charge is 0.614 e. The fourth-order valence-electron chi connectivity index (χ4n) is 3.39. The Morgan fingerprint density at radius 1 is 1.13 bits per heavy atom. The molecule has 2 saturated heterocycles. The summed E-state index contributed by atoms with van der Waals surface area (Å²) in [5.41, 5.74) is 0.877. The van der Waals surface area contributed by atoms with Gasteiger partial charge in [-0.05, 0) is 37.1 Å². The molecule has 2 aliphatic heterocycles. The lowest BCUT2D eigenvalue weighted by atomic mass is 10.2. The average Bonchev–Trinajstić information content (AvgIpc) is 3.11. The number of nitrogens with zero attached hydrogens (tertiary/aromatic N) is 2. The van der Waals surface area contributed by atoms with E-state index in [1.54, 1.807) is 12.1 Å². The lowest BCUT2D eigenvalue weighted by Gasteiger charge is -2.36. The molecule has 0 spiro atoms. The zero-order valence-corrected chi connectivity index (χ0v) is 13.5. The lowest BCUT2D eigenvalue weighted by molar-refractivity contribution is -0.197. The van der Waals surface area contributed by atoms with E-state index in [0.717, 1.165) is 25.1 Å². The minimum absolute atomic E-state index is 0.231. The van der Waals surface area contributed by atoms with Gasteiger partial charge in [0.05, 0.1) is 18.3 Å². The average molecular weight is 332 g/mol. The van der Waals surface area contributed by atoms with Crippen LogP contribution in [0.25, 0.3) is 0 Å². The van der Waals surface area contributed by atoms with Gasteiger partial charge in [-0.25, -0.2) is 9.06 Å². The molecule has 0 aliphatic carbocycles. The van der Waals surface area contributed by atoms with Gasteiger partial charge in [0, 0.05) is 12.6 Å². The van der Waals surface area contributed by atoms with E-state index in [1.165, 1.54) is 12.1 Å². The highest BCUT2D eigenvalue weighted by atomic mass is 31.2. The SMILES string of the molecule is [O-][P+]1(Oc2cccc(F)c2)N(c2ccccc2)C[C@@H]2CCCN21. The summed E-state index contributed by atoms with van der Waals surface area (Å²) in [6.45, 7) is 1.43. The molecule has 23 heavy (non-hydrogen) atoms. The number of halogens is 1. The standard InChI is InChI=1S/C17H18FN2O2P/c18-14-6-4-10-17(12-14)22-23(21)19-11-5-9-16(19)13-20(23)15-7-2-1-3-8-15/h1-4,6-8,10,12,16H,5,9,11,13H2/t16-,23?/m0/s1. The van der Waals surface area contributed by atoms with Crippen LogP contribution in [0.3, 0.4) is 0 Å². The Morgan fingerprint density at radius 2 is 1.96 bits per heavy atom. The third-order valence-corrected chi connectivity index (χ3v) is 7.06. The van der Waals surface area contributed by atoms with Crippen LogP contribution in [0.15, 0.2) is 54.6 Å². The molecule has 0 bridgehead atoms. The highest BCUT2D eigenvalue weighted by molar-refractivity contribution is 7.64. The highest BCUT2D eigenvalue weighted by Crippen LogP contribution is 2.65. The van der Waals surface area contributed by atoms with Crippen molar-refractivity contribution in [3.63, 3.8) is 0 Å². The van der Waals surface area contributed by atoms with Crippen molar-refractivity contribution in [3.8, 4) is 5.75 Å². The number of hydrogen-bond acceptors (Lipinski definition) is 4. The quantitative estimate of drug-likeness (QED) is 0.809. The minimum Gasteiger partial charge on any atom is -0.614 e. The molecule has 6 heteroatoms. The van der Waals surface area contributed by atoms with Gasteiger partial charge in [0.15, 0.2) is 5.75 Å². The van der Waals surface area contributed by atoms with Crippen molar-refractivity contribution in [3.05, 3.63) is 60.4 Å². The van der Waals surface area contributed by atoms with Crippen molar-refractivity contribution in [2.75, 3.05) is 17.8 Å². The third-order valence-electron chi connectivity index (χ3n) is 4.43. The van der Waals surface area contributed by atoms with Crippen LogP contribution in [0, 0.1) is 5.82 Å². The molecule has 4 rings (SSSR count). The predicted octanol–water partition coefficient (Wildman–Crippen LogP) is 3.23. The maximum Gasteiger partial charge on any atom is 0.326 e. The highest BCUT2D eigenvalue weighted by Gasteiger charge is 2.58. The van der Waals surface area contributed by atoms with E-state index in [2.05, 4.69) is 0 Å². The van der Waals surface area contributed by atoms with E-state index in [-0.39, 0.29) is 6.04 Å². The van der Waals surface area contributed by atoms with Crippen molar-refractivity contribution in [1.29, 1.82) is 0 Å². The van der Waals surface area contributed by atoms with Gasteiger partial charge in [0.2, 0.25) is 0 Å². The molecule has 120 valence electrons. The second-order valence-electron chi connectivity index (χ2n) is 5.92. The summed E-state index contributed by atoms with van der Waals surface area (Å²) < 4.78 is 23.2. The summed E-state index contributed by atoms with van der Waals surface area (Å²) in [6, 6.07) is 15.7. The predicted molar refractivity (Wildman–Crippen MR) is 87.5 cm³/mol. The molecule has 0 aromatic heterocycles. The van der Waals surface area contributed by atoms with Crippen molar-refractivity contribution in [1.82, 2.24) is 4.67 Å².